The van der Waals surface area contributed by atoms with Gasteiger partial charge in [0.05, 0.1) is 17.3 Å². The summed E-state index contributed by atoms with van der Waals surface area (Å²) in [5, 5.41) is 2.82. The number of hydrogen-bond donors (Lipinski definition) is 1. The minimum Gasteiger partial charge on any atom is -0.375 e. The van der Waals surface area contributed by atoms with Gasteiger partial charge in [0.2, 0.25) is 0 Å². The van der Waals surface area contributed by atoms with Crippen molar-refractivity contribution >= 4 is 5.69 Å². The van der Waals surface area contributed by atoms with E-state index in [0.29, 0.717) is 11.1 Å². The van der Waals surface area contributed by atoms with Crippen molar-refractivity contribution in [2.24, 2.45) is 0 Å². The topological polar surface area (TPSA) is 12.0 Å². The molecule has 1 N–H and O–H groups in total. The van der Waals surface area contributed by atoms with E-state index in [1.54, 1.807) is 0 Å². The van der Waals surface area contributed by atoms with E-state index < -0.39 is 29.4 Å². The molecule has 2 aromatic carbocycles. The number of hydrogen-bond acceptors (Lipinski definition) is 1. The summed E-state index contributed by atoms with van der Waals surface area (Å²) in [5.41, 5.74) is 0.207. The number of halogens is 5. The van der Waals surface area contributed by atoms with Crippen molar-refractivity contribution in [3.63, 3.8) is 0 Å². The van der Waals surface area contributed by atoms with Crippen LogP contribution in [-0.2, 0) is 12.6 Å². The molecule has 0 aromatic heterocycles. The third-order valence-electron chi connectivity index (χ3n) is 3.50. The summed E-state index contributed by atoms with van der Waals surface area (Å²) in [6.45, 7) is 0. The zero-order valence-corrected chi connectivity index (χ0v) is 10.6. The van der Waals surface area contributed by atoms with Crippen LogP contribution in [0.2, 0.25) is 0 Å². The number of anilines is 1. The zero-order valence-electron chi connectivity index (χ0n) is 10.6. The summed E-state index contributed by atoms with van der Waals surface area (Å²) < 4.78 is 64.9. The Kier molecular flexibility index (Phi) is 3.11. The highest BCUT2D eigenvalue weighted by Crippen LogP contribution is 2.38. The molecule has 1 nitrogen and oxygen atoms in total. The van der Waals surface area contributed by atoms with Crippen LogP contribution in [0.1, 0.15) is 22.7 Å². The molecule has 21 heavy (non-hydrogen) atoms. The first-order valence-electron chi connectivity index (χ1n) is 6.26. The maximum Gasteiger partial charge on any atom is 0.416 e. The fourth-order valence-corrected chi connectivity index (χ4v) is 2.53. The summed E-state index contributed by atoms with van der Waals surface area (Å²) in [7, 11) is 0. The van der Waals surface area contributed by atoms with Crippen LogP contribution in [0.3, 0.4) is 0 Å². The summed E-state index contributed by atoms with van der Waals surface area (Å²) >= 11 is 0. The van der Waals surface area contributed by atoms with E-state index in [-0.39, 0.29) is 12.1 Å². The molecule has 0 saturated heterocycles. The molecule has 1 unspecified atom stereocenters. The standard InChI is InChI=1S/C15H10F5N/c16-11-5-9-6-13(21-14(9)12(17)7-11)8-2-1-3-10(4-8)15(18,19)20/h1-5,7,13,21H,6H2. The predicted octanol–water partition coefficient (Wildman–Crippen LogP) is 4.69. The molecule has 0 bridgehead atoms. The number of alkyl halides is 3. The maximum absolute atomic E-state index is 13.6. The van der Waals surface area contributed by atoms with Gasteiger partial charge in [0, 0.05) is 6.07 Å². The number of nitrogens with one attached hydrogen (secondary N) is 1. The second kappa shape index (κ2) is 4.72. The van der Waals surface area contributed by atoms with Gasteiger partial charge in [-0.15, -0.1) is 0 Å². The summed E-state index contributed by atoms with van der Waals surface area (Å²) in [6, 6.07) is 6.29. The highest BCUT2D eigenvalue weighted by atomic mass is 19.4. The van der Waals surface area contributed by atoms with Crippen molar-refractivity contribution in [2.75, 3.05) is 5.32 Å². The van der Waals surface area contributed by atoms with E-state index >= 15 is 0 Å². The Morgan fingerprint density at radius 1 is 1.05 bits per heavy atom. The Hall–Kier alpha value is -2.11. The lowest BCUT2D eigenvalue weighted by Gasteiger charge is -2.14. The molecule has 0 fully saturated rings. The second-order valence-corrected chi connectivity index (χ2v) is 4.95. The third-order valence-corrected chi connectivity index (χ3v) is 3.50. The molecule has 1 aliphatic heterocycles. The van der Waals surface area contributed by atoms with Crippen molar-refractivity contribution in [1.29, 1.82) is 0 Å². The van der Waals surface area contributed by atoms with Crippen molar-refractivity contribution < 1.29 is 22.0 Å². The van der Waals surface area contributed by atoms with Crippen LogP contribution in [-0.4, -0.2) is 0 Å². The van der Waals surface area contributed by atoms with Crippen molar-refractivity contribution in [2.45, 2.75) is 18.6 Å². The summed E-state index contributed by atoms with van der Waals surface area (Å²) in [5.74, 6) is -1.43. The summed E-state index contributed by atoms with van der Waals surface area (Å²) in [6.07, 6.45) is -4.19. The third kappa shape index (κ3) is 2.57. The second-order valence-electron chi connectivity index (χ2n) is 4.95. The Balaban J connectivity index is 1.93. The molecule has 1 heterocycles. The van der Waals surface area contributed by atoms with Gasteiger partial charge >= 0.3 is 6.18 Å². The molecule has 1 aliphatic rings. The first kappa shape index (κ1) is 13.9. The van der Waals surface area contributed by atoms with Gasteiger partial charge in [0.1, 0.15) is 11.6 Å². The first-order valence-corrected chi connectivity index (χ1v) is 6.26. The number of fused-ring (bicyclic) bond motifs is 1. The highest BCUT2D eigenvalue weighted by Gasteiger charge is 2.32. The van der Waals surface area contributed by atoms with Crippen LogP contribution in [0, 0.1) is 11.6 Å². The van der Waals surface area contributed by atoms with Crippen LogP contribution < -0.4 is 5.32 Å². The van der Waals surface area contributed by atoms with Crippen LogP contribution >= 0.6 is 0 Å². The van der Waals surface area contributed by atoms with Crippen LogP contribution in [0.15, 0.2) is 36.4 Å². The van der Waals surface area contributed by atoms with Crippen molar-refractivity contribution in [1.82, 2.24) is 0 Å². The lowest BCUT2D eigenvalue weighted by atomic mass is 10.0. The Morgan fingerprint density at radius 2 is 1.81 bits per heavy atom. The summed E-state index contributed by atoms with van der Waals surface area (Å²) in [4.78, 5) is 0. The monoisotopic (exact) mass is 299 g/mol. The fraction of sp³-hybridized carbons (Fsp3) is 0.200. The van der Waals surface area contributed by atoms with Crippen molar-refractivity contribution in [3.05, 3.63) is 64.7 Å². The lowest BCUT2D eigenvalue weighted by Crippen LogP contribution is -2.10. The van der Waals surface area contributed by atoms with Crippen LogP contribution in [0.5, 0.6) is 0 Å². The van der Waals surface area contributed by atoms with E-state index in [9.17, 15) is 22.0 Å². The molecular formula is C15H10F5N. The normalized spacial score (nSPS) is 17.5. The van der Waals surface area contributed by atoms with E-state index in [4.69, 9.17) is 0 Å². The van der Waals surface area contributed by atoms with Gasteiger partial charge in [0.25, 0.3) is 0 Å². The van der Waals surface area contributed by atoms with E-state index in [2.05, 4.69) is 5.32 Å². The van der Waals surface area contributed by atoms with Crippen LogP contribution in [0.4, 0.5) is 27.6 Å². The van der Waals surface area contributed by atoms with E-state index in [1.165, 1.54) is 18.2 Å². The van der Waals surface area contributed by atoms with Crippen molar-refractivity contribution in [3.8, 4) is 0 Å². The van der Waals surface area contributed by atoms with Gasteiger partial charge in [-0.2, -0.15) is 13.2 Å². The molecular weight excluding hydrogens is 289 g/mol. The predicted molar refractivity (Wildman–Crippen MR) is 67.9 cm³/mol. The molecule has 0 saturated carbocycles. The molecule has 3 rings (SSSR count). The zero-order chi connectivity index (χ0) is 15.2. The largest absolute Gasteiger partial charge is 0.416 e. The Labute approximate surface area is 117 Å². The van der Waals surface area contributed by atoms with E-state index in [0.717, 1.165) is 18.2 Å². The van der Waals surface area contributed by atoms with Gasteiger partial charge in [-0.1, -0.05) is 12.1 Å². The quantitative estimate of drug-likeness (QED) is 0.753. The molecule has 6 heteroatoms. The van der Waals surface area contributed by atoms with Gasteiger partial charge < -0.3 is 5.32 Å². The number of rotatable bonds is 1. The lowest BCUT2D eigenvalue weighted by molar-refractivity contribution is -0.137. The molecule has 0 amide bonds. The van der Waals surface area contributed by atoms with Crippen LogP contribution in [0.25, 0.3) is 0 Å². The smallest absolute Gasteiger partial charge is 0.375 e. The molecule has 2 aromatic rings. The number of benzene rings is 2. The van der Waals surface area contributed by atoms with E-state index in [1.807, 2.05) is 0 Å². The molecule has 0 radical (unpaired) electrons. The molecule has 110 valence electrons. The average Bonchev–Trinajstić information content (AvgIpc) is 2.82. The molecule has 0 aliphatic carbocycles. The minimum atomic E-state index is -4.43. The highest BCUT2D eigenvalue weighted by molar-refractivity contribution is 5.59. The first-order chi connectivity index (χ1) is 9.84. The minimum absolute atomic E-state index is 0.152. The SMILES string of the molecule is Fc1cc(F)c2c(c1)CC(c1cccc(C(F)(F)F)c1)N2. The van der Waals surface area contributed by atoms with Gasteiger partial charge in [-0.25, -0.2) is 8.78 Å². The molecule has 0 spiro atoms. The van der Waals surface area contributed by atoms with Gasteiger partial charge in [0.15, 0.2) is 0 Å². The average molecular weight is 299 g/mol. The maximum atomic E-state index is 13.6. The Bertz CT molecular complexity index is 693. The molecule has 1 atom stereocenters. The Morgan fingerprint density at radius 3 is 2.52 bits per heavy atom. The fourth-order valence-electron chi connectivity index (χ4n) is 2.53. The van der Waals surface area contributed by atoms with Gasteiger partial charge in [-0.05, 0) is 35.7 Å². The van der Waals surface area contributed by atoms with Gasteiger partial charge in [-0.3, -0.25) is 0 Å².